The second-order valence-electron chi connectivity index (χ2n) is 6.48. The lowest BCUT2D eigenvalue weighted by atomic mass is 10.1. The molecule has 0 aliphatic carbocycles. The molecule has 3 rings (SSSR count). The van der Waals surface area contributed by atoms with Crippen molar-refractivity contribution in [1.82, 2.24) is 5.32 Å². The van der Waals surface area contributed by atoms with Crippen molar-refractivity contribution in [3.63, 3.8) is 0 Å². The fraction of sp³-hybridized carbons (Fsp3) is 0.190. The molecule has 0 saturated carbocycles. The van der Waals surface area contributed by atoms with Gasteiger partial charge in [-0.15, -0.1) is 0 Å². The summed E-state index contributed by atoms with van der Waals surface area (Å²) >= 11 is 0. The van der Waals surface area contributed by atoms with Crippen molar-refractivity contribution in [2.75, 3.05) is 12.0 Å². The van der Waals surface area contributed by atoms with Crippen molar-refractivity contribution in [2.45, 2.75) is 20.0 Å². The SMILES string of the molecule is COc1cccc(/C=C2\C(=O)NC(=O)N(c3ccc(F)cc3)C2=O)c1OC(C)C. The predicted octanol–water partition coefficient (Wildman–Crippen LogP) is 3.29. The van der Waals surface area contributed by atoms with E-state index < -0.39 is 23.7 Å². The number of ether oxygens (including phenoxy) is 2. The first-order chi connectivity index (χ1) is 13.8. The summed E-state index contributed by atoms with van der Waals surface area (Å²) in [4.78, 5) is 38.3. The van der Waals surface area contributed by atoms with Gasteiger partial charge in [-0.2, -0.15) is 0 Å². The molecule has 1 heterocycles. The Morgan fingerprint density at radius 1 is 1.07 bits per heavy atom. The molecule has 0 spiro atoms. The van der Waals surface area contributed by atoms with Gasteiger partial charge in [0.05, 0.1) is 18.9 Å². The largest absolute Gasteiger partial charge is 0.493 e. The third-order valence-corrected chi connectivity index (χ3v) is 4.07. The topological polar surface area (TPSA) is 84.9 Å². The molecule has 29 heavy (non-hydrogen) atoms. The van der Waals surface area contributed by atoms with Crippen LogP contribution in [0.3, 0.4) is 0 Å². The Labute approximate surface area is 166 Å². The van der Waals surface area contributed by atoms with Crippen molar-refractivity contribution in [3.05, 3.63) is 59.4 Å². The number of carbonyl (C=O) groups is 3. The Morgan fingerprint density at radius 2 is 1.76 bits per heavy atom. The van der Waals surface area contributed by atoms with Crippen LogP contribution in [0.4, 0.5) is 14.9 Å². The van der Waals surface area contributed by atoms with Crippen LogP contribution in [0.2, 0.25) is 0 Å². The molecule has 7 nitrogen and oxygen atoms in total. The summed E-state index contributed by atoms with van der Waals surface area (Å²) < 4.78 is 24.3. The van der Waals surface area contributed by atoms with E-state index in [0.717, 1.165) is 17.0 Å². The molecular weight excluding hydrogens is 379 g/mol. The molecule has 1 N–H and O–H groups in total. The highest BCUT2D eigenvalue weighted by atomic mass is 19.1. The average molecular weight is 398 g/mol. The molecule has 4 amide bonds. The lowest BCUT2D eigenvalue weighted by molar-refractivity contribution is -0.122. The number of barbiturate groups is 1. The summed E-state index contributed by atoms with van der Waals surface area (Å²) in [6.45, 7) is 3.66. The molecule has 8 heteroatoms. The smallest absolute Gasteiger partial charge is 0.335 e. The zero-order valence-electron chi connectivity index (χ0n) is 16.1. The van der Waals surface area contributed by atoms with Crippen LogP contribution in [0.15, 0.2) is 48.0 Å². The van der Waals surface area contributed by atoms with Gasteiger partial charge in [0, 0.05) is 5.56 Å². The lowest BCUT2D eigenvalue weighted by Gasteiger charge is -2.26. The Morgan fingerprint density at radius 3 is 2.38 bits per heavy atom. The molecule has 1 aliphatic rings. The number of urea groups is 1. The molecular formula is C21H19FN2O5. The maximum atomic E-state index is 13.2. The number of anilines is 1. The monoisotopic (exact) mass is 398 g/mol. The van der Waals surface area contributed by atoms with Crippen LogP contribution in [0, 0.1) is 5.82 Å². The molecule has 0 radical (unpaired) electrons. The van der Waals surface area contributed by atoms with E-state index in [-0.39, 0.29) is 17.4 Å². The Kier molecular flexibility index (Phi) is 5.63. The zero-order valence-corrected chi connectivity index (χ0v) is 16.1. The first-order valence-corrected chi connectivity index (χ1v) is 8.82. The number of hydrogen-bond donors (Lipinski definition) is 1. The lowest BCUT2D eigenvalue weighted by Crippen LogP contribution is -2.54. The predicted molar refractivity (Wildman–Crippen MR) is 104 cm³/mol. The molecule has 1 saturated heterocycles. The van der Waals surface area contributed by atoms with Crippen LogP contribution in [0.25, 0.3) is 6.08 Å². The second kappa shape index (κ2) is 8.14. The maximum absolute atomic E-state index is 13.2. The molecule has 1 fully saturated rings. The van der Waals surface area contributed by atoms with Crippen molar-refractivity contribution >= 4 is 29.6 Å². The molecule has 0 bridgehead atoms. The standard InChI is InChI=1S/C21H19FN2O5/c1-12(2)29-18-13(5-4-6-17(18)28-3)11-16-19(25)23-21(27)24(20(16)26)15-9-7-14(22)8-10-15/h4-12H,1-3H3,(H,23,25,27)/b16-11+. The number of rotatable bonds is 5. The highest BCUT2D eigenvalue weighted by Gasteiger charge is 2.37. The normalized spacial score (nSPS) is 15.7. The minimum Gasteiger partial charge on any atom is -0.493 e. The van der Waals surface area contributed by atoms with Gasteiger partial charge in [-0.25, -0.2) is 14.1 Å². The second-order valence-corrected chi connectivity index (χ2v) is 6.48. The number of benzene rings is 2. The summed E-state index contributed by atoms with van der Waals surface area (Å²) in [5, 5.41) is 2.13. The molecule has 2 aromatic carbocycles. The average Bonchev–Trinajstić information content (AvgIpc) is 2.67. The molecule has 0 aromatic heterocycles. The first-order valence-electron chi connectivity index (χ1n) is 8.82. The third kappa shape index (κ3) is 4.11. The summed E-state index contributed by atoms with van der Waals surface area (Å²) in [6.07, 6.45) is 1.15. The number of imide groups is 2. The minimum absolute atomic E-state index is 0.136. The van der Waals surface area contributed by atoms with Crippen molar-refractivity contribution in [3.8, 4) is 11.5 Å². The fourth-order valence-corrected chi connectivity index (χ4v) is 2.81. The van der Waals surface area contributed by atoms with Gasteiger partial charge in [0.1, 0.15) is 11.4 Å². The van der Waals surface area contributed by atoms with Crippen molar-refractivity contribution < 1.29 is 28.2 Å². The quantitative estimate of drug-likeness (QED) is 0.617. The summed E-state index contributed by atoms with van der Waals surface area (Å²) in [6, 6.07) is 8.92. The van der Waals surface area contributed by atoms with E-state index in [1.807, 2.05) is 13.8 Å². The van der Waals surface area contributed by atoms with E-state index in [1.165, 1.54) is 25.3 Å². The van der Waals surface area contributed by atoms with E-state index in [4.69, 9.17) is 9.47 Å². The van der Waals surface area contributed by atoms with Gasteiger partial charge in [-0.3, -0.25) is 14.9 Å². The fourth-order valence-electron chi connectivity index (χ4n) is 2.81. The summed E-state index contributed by atoms with van der Waals surface area (Å²) in [7, 11) is 1.48. The van der Waals surface area contributed by atoms with Crippen molar-refractivity contribution in [1.29, 1.82) is 0 Å². The van der Waals surface area contributed by atoms with Crippen LogP contribution >= 0.6 is 0 Å². The number of amides is 4. The van der Waals surface area contributed by atoms with Gasteiger partial charge in [0.25, 0.3) is 11.8 Å². The summed E-state index contributed by atoms with van der Waals surface area (Å²) in [5.74, 6) is -1.39. The molecule has 2 aromatic rings. The van der Waals surface area contributed by atoms with E-state index in [2.05, 4.69) is 5.32 Å². The van der Waals surface area contributed by atoms with Gasteiger partial charge in [0.15, 0.2) is 11.5 Å². The highest BCUT2D eigenvalue weighted by molar-refractivity contribution is 6.39. The molecule has 150 valence electrons. The Bertz CT molecular complexity index is 999. The molecule has 0 unspecified atom stereocenters. The first kappa shape index (κ1) is 20.1. The van der Waals surface area contributed by atoms with Crippen LogP contribution in [-0.2, 0) is 9.59 Å². The number of methoxy groups -OCH3 is 1. The number of nitrogens with zero attached hydrogens (tertiary/aromatic N) is 1. The molecule has 1 aliphatic heterocycles. The third-order valence-electron chi connectivity index (χ3n) is 4.07. The number of nitrogens with one attached hydrogen (secondary N) is 1. The zero-order chi connectivity index (χ0) is 21.1. The van der Waals surface area contributed by atoms with Gasteiger partial charge >= 0.3 is 6.03 Å². The van der Waals surface area contributed by atoms with Crippen LogP contribution < -0.4 is 19.7 Å². The van der Waals surface area contributed by atoms with Crippen molar-refractivity contribution in [2.24, 2.45) is 0 Å². The van der Waals surface area contributed by atoms with Gasteiger partial charge in [0.2, 0.25) is 0 Å². The van der Waals surface area contributed by atoms with Crippen LogP contribution in [-0.4, -0.2) is 31.1 Å². The number of carbonyl (C=O) groups excluding carboxylic acids is 3. The highest BCUT2D eigenvalue weighted by Crippen LogP contribution is 2.34. The Hall–Kier alpha value is -3.68. The molecule has 0 atom stereocenters. The summed E-state index contributed by atoms with van der Waals surface area (Å²) in [5.41, 5.74) is 0.303. The Balaban J connectivity index is 2.06. The van der Waals surface area contributed by atoms with Gasteiger partial charge in [-0.1, -0.05) is 12.1 Å². The van der Waals surface area contributed by atoms with Gasteiger partial charge < -0.3 is 9.47 Å². The van der Waals surface area contributed by atoms with Gasteiger partial charge in [-0.05, 0) is 50.3 Å². The number of halogens is 1. The number of hydrogen-bond acceptors (Lipinski definition) is 5. The van der Waals surface area contributed by atoms with E-state index in [1.54, 1.807) is 18.2 Å². The van der Waals surface area contributed by atoms with E-state index >= 15 is 0 Å². The minimum atomic E-state index is -0.909. The van der Waals surface area contributed by atoms with E-state index in [9.17, 15) is 18.8 Å². The van der Waals surface area contributed by atoms with Crippen LogP contribution in [0.1, 0.15) is 19.4 Å². The number of para-hydroxylation sites is 1. The van der Waals surface area contributed by atoms with Crippen LogP contribution in [0.5, 0.6) is 11.5 Å². The van der Waals surface area contributed by atoms with E-state index in [0.29, 0.717) is 17.1 Å². The maximum Gasteiger partial charge on any atom is 0.335 e.